The van der Waals surface area contributed by atoms with Crippen molar-refractivity contribution in [3.63, 3.8) is 0 Å². The van der Waals surface area contributed by atoms with Gasteiger partial charge >= 0.3 is 6.03 Å². The molecule has 0 radical (unpaired) electrons. The minimum absolute atomic E-state index is 0.0630. The number of benzene rings is 2. The zero-order valence-electron chi connectivity index (χ0n) is 12.8. The van der Waals surface area contributed by atoms with Crippen molar-refractivity contribution in [2.75, 3.05) is 13.2 Å². The number of hydrogen-bond donors (Lipinski definition) is 3. The van der Waals surface area contributed by atoms with Crippen LogP contribution in [0.4, 0.5) is 4.79 Å². The van der Waals surface area contributed by atoms with Gasteiger partial charge in [0.15, 0.2) is 0 Å². The Bertz CT molecular complexity index is 599. The van der Waals surface area contributed by atoms with E-state index in [4.69, 9.17) is 5.11 Å². The van der Waals surface area contributed by atoms with E-state index in [-0.39, 0.29) is 18.7 Å². The molecule has 2 aromatic carbocycles. The van der Waals surface area contributed by atoms with Crippen molar-refractivity contribution in [2.24, 2.45) is 0 Å². The van der Waals surface area contributed by atoms with Crippen molar-refractivity contribution in [1.29, 1.82) is 0 Å². The second kappa shape index (κ2) is 8.20. The molecule has 0 heterocycles. The lowest BCUT2D eigenvalue weighted by atomic mass is 10.0. The first-order valence-corrected chi connectivity index (χ1v) is 7.48. The Morgan fingerprint density at radius 1 is 1.09 bits per heavy atom. The predicted molar refractivity (Wildman–Crippen MR) is 88.7 cm³/mol. The van der Waals surface area contributed by atoms with Crippen LogP contribution in [-0.4, -0.2) is 30.3 Å². The lowest BCUT2D eigenvalue weighted by Gasteiger charge is -2.12. The molecule has 0 bridgehead atoms. The summed E-state index contributed by atoms with van der Waals surface area (Å²) in [6, 6.07) is 18.1. The molecule has 2 aromatic rings. The van der Waals surface area contributed by atoms with Gasteiger partial charge in [0.2, 0.25) is 0 Å². The minimum atomic E-state index is -0.249. The number of aliphatic hydroxyl groups excluding tert-OH is 1. The van der Waals surface area contributed by atoms with Crippen LogP contribution in [0, 0.1) is 0 Å². The summed E-state index contributed by atoms with van der Waals surface area (Å²) in [4.78, 5) is 11.6. The average Bonchev–Trinajstić information content (AvgIpc) is 2.56. The molecular weight excluding hydrogens is 276 g/mol. The fourth-order valence-electron chi connectivity index (χ4n) is 2.18. The van der Waals surface area contributed by atoms with Crippen LogP contribution in [-0.2, 0) is 6.42 Å². The van der Waals surface area contributed by atoms with Gasteiger partial charge in [-0.15, -0.1) is 0 Å². The molecule has 0 fully saturated rings. The summed E-state index contributed by atoms with van der Waals surface area (Å²) in [5.74, 6) is 0. The van der Waals surface area contributed by atoms with Crippen LogP contribution in [0.5, 0.6) is 0 Å². The molecule has 0 saturated heterocycles. The molecule has 116 valence electrons. The van der Waals surface area contributed by atoms with Crippen LogP contribution in [0.1, 0.15) is 12.5 Å². The molecule has 2 amide bonds. The molecule has 4 nitrogen and oxygen atoms in total. The second-order valence-corrected chi connectivity index (χ2v) is 5.30. The van der Waals surface area contributed by atoms with Gasteiger partial charge in [0.25, 0.3) is 0 Å². The first-order chi connectivity index (χ1) is 10.7. The summed E-state index contributed by atoms with van der Waals surface area (Å²) in [5, 5.41) is 14.3. The van der Waals surface area contributed by atoms with Crippen LogP contribution < -0.4 is 10.6 Å². The van der Waals surface area contributed by atoms with E-state index in [9.17, 15) is 4.79 Å². The highest BCUT2D eigenvalue weighted by Gasteiger charge is 2.05. The van der Waals surface area contributed by atoms with Gasteiger partial charge in [-0.3, -0.25) is 0 Å². The van der Waals surface area contributed by atoms with Gasteiger partial charge in [0, 0.05) is 6.54 Å². The molecule has 0 aliphatic heterocycles. The molecule has 3 N–H and O–H groups in total. The lowest BCUT2D eigenvalue weighted by molar-refractivity contribution is 0.220. The minimum Gasteiger partial charge on any atom is -0.394 e. The maximum Gasteiger partial charge on any atom is 0.315 e. The number of rotatable bonds is 6. The smallest absolute Gasteiger partial charge is 0.315 e. The molecular formula is C18H22N2O2. The Hall–Kier alpha value is -2.33. The predicted octanol–water partition coefficient (Wildman–Crippen LogP) is 2.58. The molecule has 0 aromatic heterocycles. The van der Waals surface area contributed by atoms with Crippen LogP contribution >= 0.6 is 0 Å². The highest BCUT2D eigenvalue weighted by atomic mass is 16.3. The fraction of sp³-hybridized carbons (Fsp3) is 0.278. The van der Waals surface area contributed by atoms with Crippen LogP contribution in [0.25, 0.3) is 11.1 Å². The number of nitrogens with one attached hydrogen (secondary N) is 2. The molecule has 1 atom stereocenters. The van der Waals surface area contributed by atoms with Crippen molar-refractivity contribution in [1.82, 2.24) is 10.6 Å². The summed E-state index contributed by atoms with van der Waals surface area (Å²) in [5.41, 5.74) is 3.54. The highest BCUT2D eigenvalue weighted by molar-refractivity contribution is 5.74. The van der Waals surface area contributed by atoms with Crippen molar-refractivity contribution in [3.8, 4) is 11.1 Å². The normalized spacial score (nSPS) is 11.7. The van der Waals surface area contributed by atoms with Crippen molar-refractivity contribution >= 4 is 6.03 Å². The number of urea groups is 1. The summed E-state index contributed by atoms with van der Waals surface area (Å²) in [6.45, 7) is 2.25. The molecule has 0 aliphatic rings. The Morgan fingerprint density at radius 2 is 1.82 bits per heavy atom. The Morgan fingerprint density at radius 3 is 2.55 bits per heavy atom. The third-order valence-corrected chi connectivity index (χ3v) is 3.38. The summed E-state index contributed by atoms with van der Waals surface area (Å²) < 4.78 is 0. The van der Waals surface area contributed by atoms with E-state index >= 15 is 0 Å². The summed E-state index contributed by atoms with van der Waals surface area (Å²) >= 11 is 0. The van der Waals surface area contributed by atoms with Crippen LogP contribution in [0.15, 0.2) is 54.6 Å². The van der Waals surface area contributed by atoms with Gasteiger partial charge in [-0.1, -0.05) is 54.6 Å². The Balaban J connectivity index is 1.88. The number of aliphatic hydroxyl groups is 1. The van der Waals surface area contributed by atoms with Gasteiger partial charge in [-0.25, -0.2) is 4.79 Å². The van der Waals surface area contributed by atoms with Gasteiger partial charge in [0.05, 0.1) is 12.6 Å². The molecule has 0 spiro atoms. The zero-order chi connectivity index (χ0) is 15.8. The van der Waals surface area contributed by atoms with Crippen molar-refractivity contribution in [2.45, 2.75) is 19.4 Å². The van der Waals surface area contributed by atoms with E-state index < -0.39 is 0 Å². The number of carbonyl (C=O) groups excluding carboxylic acids is 1. The van der Waals surface area contributed by atoms with Crippen molar-refractivity contribution < 1.29 is 9.90 Å². The van der Waals surface area contributed by atoms with E-state index in [1.807, 2.05) is 24.3 Å². The molecule has 2 rings (SSSR count). The Labute approximate surface area is 131 Å². The van der Waals surface area contributed by atoms with E-state index in [1.54, 1.807) is 6.92 Å². The molecule has 4 heteroatoms. The van der Waals surface area contributed by atoms with E-state index in [0.717, 1.165) is 6.42 Å². The lowest BCUT2D eigenvalue weighted by Crippen LogP contribution is -2.42. The number of carbonyl (C=O) groups is 1. The third-order valence-electron chi connectivity index (χ3n) is 3.38. The number of amides is 2. The van der Waals surface area contributed by atoms with Gasteiger partial charge < -0.3 is 15.7 Å². The quantitative estimate of drug-likeness (QED) is 0.767. The zero-order valence-corrected chi connectivity index (χ0v) is 12.8. The molecule has 0 saturated carbocycles. The first kappa shape index (κ1) is 16.0. The average molecular weight is 298 g/mol. The van der Waals surface area contributed by atoms with Crippen LogP contribution in [0.2, 0.25) is 0 Å². The fourth-order valence-corrected chi connectivity index (χ4v) is 2.18. The highest BCUT2D eigenvalue weighted by Crippen LogP contribution is 2.19. The maximum absolute atomic E-state index is 11.6. The summed E-state index contributed by atoms with van der Waals surface area (Å²) in [7, 11) is 0. The largest absolute Gasteiger partial charge is 0.394 e. The van der Waals surface area contributed by atoms with Crippen molar-refractivity contribution in [3.05, 3.63) is 60.2 Å². The SMILES string of the molecule is C[C@@H](CO)NC(=O)NCCc1cccc(-c2ccccc2)c1. The van der Waals surface area contributed by atoms with Gasteiger partial charge in [0.1, 0.15) is 0 Å². The van der Waals surface area contributed by atoms with Gasteiger partial charge in [-0.05, 0) is 30.0 Å². The van der Waals surface area contributed by atoms with E-state index in [1.165, 1.54) is 16.7 Å². The third kappa shape index (κ3) is 4.90. The summed E-state index contributed by atoms with van der Waals surface area (Å²) in [6.07, 6.45) is 0.765. The first-order valence-electron chi connectivity index (χ1n) is 7.48. The van der Waals surface area contributed by atoms with E-state index in [2.05, 4.69) is 41.0 Å². The topological polar surface area (TPSA) is 61.4 Å². The second-order valence-electron chi connectivity index (χ2n) is 5.30. The molecule has 22 heavy (non-hydrogen) atoms. The maximum atomic E-state index is 11.6. The monoisotopic (exact) mass is 298 g/mol. The van der Waals surface area contributed by atoms with Gasteiger partial charge in [-0.2, -0.15) is 0 Å². The standard InChI is InChI=1S/C18H22N2O2/c1-14(13-21)20-18(22)19-11-10-15-6-5-9-17(12-15)16-7-3-2-4-8-16/h2-9,12,14,21H,10-11,13H2,1H3,(H2,19,20,22)/t14-/m0/s1. The Kier molecular flexibility index (Phi) is 5.98. The van der Waals surface area contributed by atoms with E-state index in [0.29, 0.717) is 6.54 Å². The number of hydrogen-bond acceptors (Lipinski definition) is 2. The van der Waals surface area contributed by atoms with Crippen LogP contribution in [0.3, 0.4) is 0 Å². The molecule has 0 unspecified atom stereocenters. The molecule has 0 aliphatic carbocycles.